The second-order valence-corrected chi connectivity index (χ2v) is 8.85. The van der Waals surface area contributed by atoms with Crippen LogP contribution in [-0.4, -0.2) is 29.4 Å². The number of carbonyl (C=O) groups excluding carboxylic acids is 3. The molecule has 0 saturated carbocycles. The maximum Gasteiger partial charge on any atom is 0.338 e. The highest BCUT2D eigenvalue weighted by molar-refractivity contribution is 9.10. The fourth-order valence-corrected chi connectivity index (χ4v) is 4.19. The number of esters is 1. The van der Waals surface area contributed by atoms with Gasteiger partial charge >= 0.3 is 5.97 Å². The van der Waals surface area contributed by atoms with Gasteiger partial charge in [-0.1, -0.05) is 39.7 Å². The number of hydrogen-bond donors (Lipinski definition) is 1. The molecular weight excluding hydrogens is 522 g/mol. The number of rotatable bonds is 5. The summed E-state index contributed by atoms with van der Waals surface area (Å²) in [5.41, 5.74) is 1.68. The van der Waals surface area contributed by atoms with Crippen molar-refractivity contribution in [2.75, 3.05) is 11.5 Å². The van der Waals surface area contributed by atoms with Crippen LogP contribution < -0.4 is 4.90 Å². The molecule has 172 valence electrons. The molecule has 1 fully saturated rings. The van der Waals surface area contributed by atoms with Crippen molar-refractivity contribution in [3.8, 4) is 0 Å². The number of ether oxygens (including phenoxy) is 1. The maximum absolute atomic E-state index is 13.2. The van der Waals surface area contributed by atoms with Gasteiger partial charge in [0.2, 0.25) is 0 Å². The van der Waals surface area contributed by atoms with Gasteiger partial charge in [-0.05, 0) is 73.2 Å². The maximum atomic E-state index is 13.2. The van der Waals surface area contributed by atoms with E-state index < -0.39 is 23.7 Å². The largest absolute Gasteiger partial charge is 0.507 e. The Hall–Kier alpha value is -3.42. The lowest BCUT2D eigenvalue weighted by Gasteiger charge is -2.25. The molecule has 1 atom stereocenters. The minimum atomic E-state index is -0.878. The van der Waals surface area contributed by atoms with Crippen LogP contribution in [0.2, 0.25) is 5.02 Å². The summed E-state index contributed by atoms with van der Waals surface area (Å²) in [4.78, 5) is 39.7. The number of nitrogens with zero attached hydrogens (tertiary/aromatic N) is 1. The molecule has 1 amide bonds. The third kappa shape index (κ3) is 4.49. The summed E-state index contributed by atoms with van der Waals surface area (Å²) in [7, 11) is 0. The fraction of sp³-hybridized carbons (Fsp3) is 0.115. The Balaban J connectivity index is 1.85. The van der Waals surface area contributed by atoms with Crippen LogP contribution in [0.15, 0.2) is 82.8 Å². The van der Waals surface area contributed by atoms with Gasteiger partial charge in [-0.3, -0.25) is 14.5 Å². The smallest absolute Gasteiger partial charge is 0.338 e. The van der Waals surface area contributed by atoms with E-state index in [1.807, 2.05) is 0 Å². The molecule has 1 saturated heterocycles. The Morgan fingerprint density at radius 3 is 2.15 bits per heavy atom. The van der Waals surface area contributed by atoms with Crippen molar-refractivity contribution < 1.29 is 24.2 Å². The summed E-state index contributed by atoms with van der Waals surface area (Å²) in [6.45, 7) is 1.95. The van der Waals surface area contributed by atoms with Crippen molar-refractivity contribution in [2.45, 2.75) is 13.0 Å². The van der Waals surface area contributed by atoms with E-state index in [1.54, 1.807) is 67.6 Å². The minimum absolute atomic E-state index is 0.0379. The van der Waals surface area contributed by atoms with E-state index in [4.69, 9.17) is 16.3 Å². The van der Waals surface area contributed by atoms with Crippen LogP contribution in [0.3, 0.4) is 0 Å². The zero-order valence-electron chi connectivity index (χ0n) is 18.0. The lowest BCUT2D eigenvalue weighted by atomic mass is 9.95. The molecule has 6 nitrogen and oxygen atoms in total. The Morgan fingerprint density at radius 1 is 0.971 bits per heavy atom. The molecule has 0 aliphatic carbocycles. The van der Waals surface area contributed by atoms with Gasteiger partial charge in [0.25, 0.3) is 11.7 Å². The van der Waals surface area contributed by atoms with Gasteiger partial charge in [0, 0.05) is 20.7 Å². The first kappa shape index (κ1) is 23.7. The molecule has 4 rings (SSSR count). The second kappa shape index (κ2) is 9.83. The summed E-state index contributed by atoms with van der Waals surface area (Å²) < 4.78 is 5.83. The average molecular weight is 541 g/mol. The molecule has 1 N–H and O–H groups in total. The molecule has 0 bridgehead atoms. The number of aliphatic hydroxyl groups is 1. The number of hydrogen-bond acceptors (Lipinski definition) is 5. The lowest BCUT2D eigenvalue weighted by Crippen LogP contribution is -2.29. The number of Topliss-reactive ketones (excluding diaryl/α,β-unsaturated/α-hetero) is 1. The normalized spacial score (nSPS) is 17.1. The Labute approximate surface area is 209 Å². The Morgan fingerprint density at radius 2 is 1.56 bits per heavy atom. The van der Waals surface area contributed by atoms with Crippen LogP contribution in [0.5, 0.6) is 0 Å². The van der Waals surface area contributed by atoms with Crippen molar-refractivity contribution in [1.82, 2.24) is 0 Å². The van der Waals surface area contributed by atoms with Crippen molar-refractivity contribution in [3.63, 3.8) is 0 Å². The molecule has 0 radical (unpaired) electrons. The molecule has 3 aromatic rings. The third-order valence-corrected chi connectivity index (χ3v) is 6.19. The molecular formula is C26H19BrClNO5. The fourth-order valence-electron chi connectivity index (χ4n) is 3.80. The number of halogens is 2. The molecule has 34 heavy (non-hydrogen) atoms. The van der Waals surface area contributed by atoms with Crippen LogP contribution in [-0.2, 0) is 14.3 Å². The number of amides is 1. The highest BCUT2D eigenvalue weighted by atomic mass is 79.9. The van der Waals surface area contributed by atoms with E-state index in [-0.39, 0.29) is 17.9 Å². The minimum Gasteiger partial charge on any atom is -0.507 e. The van der Waals surface area contributed by atoms with Crippen LogP contribution in [0.4, 0.5) is 5.69 Å². The van der Waals surface area contributed by atoms with Crippen molar-refractivity contribution in [1.29, 1.82) is 0 Å². The number of anilines is 1. The predicted molar refractivity (Wildman–Crippen MR) is 133 cm³/mol. The van der Waals surface area contributed by atoms with Crippen LogP contribution >= 0.6 is 27.5 Å². The number of carbonyl (C=O) groups is 3. The van der Waals surface area contributed by atoms with Gasteiger partial charge in [0.05, 0.1) is 23.8 Å². The van der Waals surface area contributed by atoms with Crippen molar-refractivity contribution in [2.24, 2.45) is 0 Å². The van der Waals surface area contributed by atoms with Gasteiger partial charge in [-0.2, -0.15) is 0 Å². The summed E-state index contributed by atoms with van der Waals surface area (Å²) in [6, 6.07) is 18.8. The molecule has 3 aromatic carbocycles. The SMILES string of the molecule is CCOC(=O)c1ccc(N2C(=O)C(=O)/C(=C(\O)c3ccc(Cl)cc3)C2c2ccc(Br)cc2)cc1. The number of benzene rings is 3. The van der Waals surface area contributed by atoms with Crippen molar-refractivity contribution in [3.05, 3.63) is 105 Å². The van der Waals surface area contributed by atoms with Crippen LogP contribution in [0.1, 0.15) is 34.5 Å². The third-order valence-electron chi connectivity index (χ3n) is 5.40. The van der Waals surface area contributed by atoms with Gasteiger partial charge in [0.1, 0.15) is 5.76 Å². The highest BCUT2D eigenvalue weighted by Crippen LogP contribution is 2.42. The number of aliphatic hydroxyl groups excluding tert-OH is 1. The Kier molecular flexibility index (Phi) is 6.86. The van der Waals surface area contributed by atoms with Crippen LogP contribution in [0, 0.1) is 0 Å². The molecule has 0 spiro atoms. The van der Waals surface area contributed by atoms with Gasteiger partial charge < -0.3 is 9.84 Å². The molecule has 8 heteroatoms. The van der Waals surface area contributed by atoms with E-state index >= 15 is 0 Å². The molecule has 1 aliphatic rings. The second-order valence-electron chi connectivity index (χ2n) is 7.49. The quantitative estimate of drug-likeness (QED) is 0.188. The summed E-state index contributed by atoms with van der Waals surface area (Å²) >= 11 is 9.36. The zero-order valence-corrected chi connectivity index (χ0v) is 20.3. The highest BCUT2D eigenvalue weighted by Gasteiger charge is 2.47. The molecule has 1 heterocycles. The first-order valence-electron chi connectivity index (χ1n) is 10.4. The van der Waals surface area contributed by atoms with Gasteiger partial charge in [-0.15, -0.1) is 0 Å². The first-order valence-corrected chi connectivity index (χ1v) is 11.6. The van der Waals surface area contributed by atoms with Gasteiger partial charge in [-0.25, -0.2) is 4.79 Å². The van der Waals surface area contributed by atoms with Gasteiger partial charge in [0.15, 0.2) is 0 Å². The van der Waals surface area contributed by atoms with E-state index in [1.165, 1.54) is 17.0 Å². The Bertz CT molecular complexity index is 1280. The summed E-state index contributed by atoms with van der Waals surface area (Å²) in [5.74, 6) is -2.38. The molecule has 1 aliphatic heterocycles. The monoisotopic (exact) mass is 539 g/mol. The van der Waals surface area contributed by atoms with E-state index in [2.05, 4.69) is 15.9 Å². The molecule has 0 aromatic heterocycles. The van der Waals surface area contributed by atoms with Crippen LogP contribution in [0.25, 0.3) is 5.76 Å². The topological polar surface area (TPSA) is 83.9 Å². The van der Waals surface area contributed by atoms with E-state index in [9.17, 15) is 19.5 Å². The standard InChI is InChI=1S/C26H19BrClNO5/c1-2-34-26(33)17-7-13-20(14-8-17)29-22(15-3-9-18(27)10-4-15)21(24(31)25(29)32)23(30)16-5-11-19(28)12-6-16/h3-14,22,30H,2H2,1H3/b23-21-. The first-order chi connectivity index (χ1) is 16.3. The average Bonchev–Trinajstić information content (AvgIpc) is 3.10. The van der Waals surface area contributed by atoms with Crippen molar-refractivity contribution >= 4 is 56.6 Å². The lowest BCUT2D eigenvalue weighted by molar-refractivity contribution is -0.132. The molecule has 1 unspecified atom stereocenters. The van der Waals surface area contributed by atoms with E-state index in [0.29, 0.717) is 27.4 Å². The number of ketones is 1. The summed E-state index contributed by atoms with van der Waals surface area (Å²) in [6.07, 6.45) is 0. The van der Waals surface area contributed by atoms with E-state index in [0.717, 1.165) is 4.47 Å². The zero-order chi connectivity index (χ0) is 24.4. The predicted octanol–water partition coefficient (Wildman–Crippen LogP) is 5.91. The summed E-state index contributed by atoms with van der Waals surface area (Å²) in [5, 5.41) is 11.6.